The molecular formula is C26H31ClN4O6. The lowest BCUT2D eigenvalue weighted by Gasteiger charge is -2.27. The number of nitrogens with zero attached hydrogens (tertiary/aromatic N) is 2. The average molecular weight is 531 g/mol. The van der Waals surface area contributed by atoms with Crippen molar-refractivity contribution in [2.24, 2.45) is 11.0 Å². The van der Waals surface area contributed by atoms with Crippen molar-refractivity contribution in [2.45, 2.75) is 19.9 Å². The van der Waals surface area contributed by atoms with E-state index in [-0.39, 0.29) is 18.4 Å². The van der Waals surface area contributed by atoms with Gasteiger partial charge in [0.25, 0.3) is 17.7 Å². The maximum absolute atomic E-state index is 12.8. The first kappa shape index (κ1) is 27.9. The molecule has 10 nitrogen and oxygen atoms in total. The predicted molar refractivity (Wildman–Crippen MR) is 139 cm³/mol. The van der Waals surface area contributed by atoms with E-state index < -0.39 is 17.9 Å². The Hall–Kier alpha value is -3.63. The van der Waals surface area contributed by atoms with Crippen molar-refractivity contribution in [1.29, 1.82) is 0 Å². The van der Waals surface area contributed by atoms with Crippen LogP contribution in [0.4, 0.5) is 0 Å². The maximum Gasteiger partial charge on any atom is 0.262 e. The second-order valence-electron chi connectivity index (χ2n) is 8.60. The molecule has 0 aromatic heterocycles. The van der Waals surface area contributed by atoms with Crippen LogP contribution in [0.15, 0.2) is 47.6 Å². The molecule has 0 radical (unpaired) electrons. The zero-order valence-corrected chi connectivity index (χ0v) is 21.8. The smallest absolute Gasteiger partial charge is 0.262 e. The molecule has 2 aromatic rings. The van der Waals surface area contributed by atoms with E-state index in [9.17, 15) is 14.4 Å². The van der Waals surface area contributed by atoms with E-state index in [0.29, 0.717) is 54.0 Å². The Morgan fingerprint density at radius 1 is 1.14 bits per heavy atom. The fraction of sp³-hybridized carbons (Fsp3) is 0.385. The molecule has 1 saturated heterocycles. The largest absolute Gasteiger partial charge is 0.493 e. The molecule has 2 aromatic carbocycles. The lowest BCUT2D eigenvalue weighted by molar-refractivity contribution is -0.137. The van der Waals surface area contributed by atoms with Gasteiger partial charge in [0.05, 0.1) is 26.5 Å². The van der Waals surface area contributed by atoms with Crippen molar-refractivity contribution in [3.8, 4) is 11.5 Å². The molecule has 0 spiro atoms. The highest BCUT2D eigenvalue weighted by molar-refractivity contribution is 6.30. The van der Waals surface area contributed by atoms with Crippen LogP contribution in [0.2, 0.25) is 5.02 Å². The van der Waals surface area contributed by atoms with E-state index >= 15 is 0 Å². The van der Waals surface area contributed by atoms with Gasteiger partial charge in [0.1, 0.15) is 6.04 Å². The summed E-state index contributed by atoms with van der Waals surface area (Å²) in [6, 6.07) is 10.7. The number of hydrazone groups is 1. The standard InChI is InChI=1S/C26H31ClN4O6/c1-17(2)23(29-25(33)18-7-9-20(27)10-8-18)26(34)30-28-15-19-5-4-6-21(35-3)24(19)37-16-22(32)31-11-13-36-14-12-31/h4-10,15,17,23H,11-14,16H2,1-3H3,(H,29,33)(H,30,34)/b28-15+. The number of amides is 3. The Kier molecular flexibility index (Phi) is 10.3. The van der Waals surface area contributed by atoms with E-state index in [2.05, 4.69) is 15.8 Å². The summed E-state index contributed by atoms with van der Waals surface area (Å²) in [5, 5.41) is 7.29. The van der Waals surface area contributed by atoms with Gasteiger partial charge in [-0.1, -0.05) is 31.5 Å². The average Bonchev–Trinajstić information content (AvgIpc) is 2.91. The van der Waals surface area contributed by atoms with Gasteiger partial charge in [-0.3, -0.25) is 14.4 Å². The monoisotopic (exact) mass is 530 g/mol. The molecule has 2 N–H and O–H groups in total. The fourth-order valence-corrected chi connectivity index (χ4v) is 3.71. The summed E-state index contributed by atoms with van der Waals surface area (Å²) in [5.41, 5.74) is 3.36. The van der Waals surface area contributed by atoms with Gasteiger partial charge >= 0.3 is 0 Å². The highest BCUT2D eigenvalue weighted by Gasteiger charge is 2.25. The molecule has 37 heavy (non-hydrogen) atoms. The van der Waals surface area contributed by atoms with Gasteiger partial charge < -0.3 is 24.4 Å². The molecule has 0 aliphatic carbocycles. The number of halogens is 1. The van der Waals surface area contributed by atoms with Crippen LogP contribution < -0.4 is 20.2 Å². The summed E-state index contributed by atoms with van der Waals surface area (Å²) in [5.74, 6) is -0.513. The lowest BCUT2D eigenvalue weighted by atomic mass is 10.0. The van der Waals surface area contributed by atoms with Crippen LogP contribution in [-0.4, -0.2) is 74.9 Å². The Bertz CT molecular complexity index is 1120. The molecular weight excluding hydrogens is 500 g/mol. The summed E-state index contributed by atoms with van der Waals surface area (Å²) < 4.78 is 16.5. The van der Waals surface area contributed by atoms with E-state index in [1.807, 2.05) is 13.8 Å². The minimum absolute atomic E-state index is 0.165. The fourth-order valence-electron chi connectivity index (χ4n) is 3.58. The Morgan fingerprint density at radius 3 is 2.49 bits per heavy atom. The van der Waals surface area contributed by atoms with Gasteiger partial charge in [0.15, 0.2) is 18.1 Å². The van der Waals surface area contributed by atoms with Crippen molar-refractivity contribution in [3.63, 3.8) is 0 Å². The van der Waals surface area contributed by atoms with Gasteiger partial charge in [0, 0.05) is 29.2 Å². The molecule has 3 rings (SSSR count). The van der Waals surface area contributed by atoms with Crippen molar-refractivity contribution in [3.05, 3.63) is 58.6 Å². The van der Waals surface area contributed by atoms with Crippen molar-refractivity contribution < 1.29 is 28.6 Å². The number of hydrogen-bond acceptors (Lipinski definition) is 7. The van der Waals surface area contributed by atoms with E-state index in [1.54, 1.807) is 47.4 Å². The van der Waals surface area contributed by atoms with Crippen molar-refractivity contribution in [1.82, 2.24) is 15.6 Å². The number of methoxy groups -OCH3 is 1. The number of nitrogens with one attached hydrogen (secondary N) is 2. The lowest BCUT2D eigenvalue weighted by Crippen LogP contribution is -2.48. The summed E-state index contributed by atoms with van der Waals surface area (Å²) in [6.45, 7) is 5.47. The van der Waals surface area contributed by atoms with Gasteiger partial charge in [-0.2, -0.15) is 5.10 Å². The number of morpholine rings is 1. The van der Waals surface area contributed by atoms with Crippen molar-refractivity contribution >= 4 is 35.5 Å². The summed E-state index contributed by atoms with van der Waals surface area (Å²) in [7, 11) is 1.49. The van der Waals surface area contributed by atoms with Crippen LogP contribution in [0.5, 0.6) is 11.5 Å². The zero-order chi connectivity index (χ0) is 26.8. The molecule has 1 heterocycles. The molecule has 3 amide bonds. The Labute approximate surface area is 220 Å². The normalized spacial score (nSPS) is 14.4. The molecule has 11 heteroatoms. The van der Waals surface area contributed by atoms with Gasteiger partial charge in [-0.05, 0) is 42.3 Å². The van der Waals surface area contributed by atoms with E-state index in [1.165, 1.54) is 13.3 Å². The SMILES string of the molecule is COc1cccc(/C=N/NC(=O)C(NC(=O)c2ccc(Cl)cc2)C(C)C)c1OCC(=O)N1CCOCC1. The molecule has 1 fully saturated rings. The molecule has 0 bridgehead atoms. The highest BCUT2D eigenvalue weighted by atomic mass is 35.5. The molecule has 1 aliphatic rings. The number of para-hydroxylation sites is 1. The predicted octanol–water partition coefficient (Wildman–Crippen LogP) is 2.49. The third kappa shape index (κ3) is 7.93. The zero-order valence-electron chi connectivity index (χ0n) is 21.0. The number of benzene rings is 2. The number of ether oxygens (including phenoxy) is 3. The first-order valence-corrected chi connectivity index (χ1v) is 12.2. The van der Waals surface area contributed by atoms with Gasteiger partial charge in [0.2, 0.25) is 0 Å². The Morgan fingerprint density at radius 2 is 1.84 bits per heavy atom. The molecule has 198 valence electrons. The van der Waals surface area contributed by atoms with E-state index in [4.69, 9.17) is 25.8 Å². The molecule has 1 atom stereocenters. The van der Waals surface area contributed by atoms with Crippen LogP contribution >= 0.6 is 11.6 Å². The quantitative estimate of drug-likeness (QED) is 0.360. The van der Waals surface area contributed by atoms with Crippen molar-refractivity contribution in [2.75, 3.05) is 40.0 Å². The third-order valence-electron chi connectivity index (χ3n) is 5.65. The maximum atomic E-state index is 12.8. The molecule has 0 saturated carbocycles. The van der Waals surface area contributed by atoms with Gasteiger partial charge in [-0.15, -0.1) is 0 Å². The number of carbonyl (C=O) groups excluding carboxylic acids is 3. The minimum atomic E-state index is -0.826. The summed E-state index contributed by atoms with van der Waals surface area (Å²) in [4.78, 5) is 39.6. The summed E-state index contributed by atoms with van der Waals surface area (Å²) >= 11 is 5.88. The topological polar surface area (TPSA) is 119 Å². The van der Waals surface area contributed by atoms with Gasteiger partial charge in [-0.25, -0.2) is 5.43 Å². The third-order valence-corrected chi connectivity index (χ3v) is 5.91. The van der Waals surface area contributed by atoms with Crippen LogP contribution in [0.3, 0.4) is 0 Å². The van der Waals surface area contributed by atoms with E-state index in [0.717, 1.165) is 0 Å². The first-order valence-electron chi connectivity index (χ1n) is 11.8. The second-order valence-corrected chi connectivity index (χ2v) is 9.03. The van der Waals surface area contributed by atoms with Crippen LogP contribution in [0.1, 0.15) is 29.8 Å². The second kappa shape index (κ2) is 13.6. The first-order chi connectivity index (χ1) is 17.8. The highest BCUT2D eigenvalue weighted by Crippen LogP contribution is 2.30. The molecule has 1 aliphatic heterocycles. The number of carbonyl (C=O) groups is 3. The Balaban J connectivity index is 1.65. The number of rotatable bonds is 10. The van der Waals surface area contributed by atoms with Crippen LogP contribution in [0.25, 0.3) is 0 Å². The summed E-state index contributed by atoms with van der Waals surface area (Å²) in [6.07, 6.45) is 1.40. The number of hydrogen-bond donors (Lipinski definition) is 2. The minimum Gasteiger partial charge on any atom is -0.493 e. The molecule has 1 unspecified atom stereocenters. The van der Waals surface area contributed by atoms with Crippen LogP contribution in [-0.2, 0) is 14.3 Å². The van der Waals surface area contributed by atoms with Crippen LogP contribution in [0, 0.1) is 5.92 Å².